The molecule has 3 rings (SSSR count). The largest absolute Gasteiger partial charge is 0.298 e. The van der Waals surface area contributed by atoms with Gasteiger partial charge in [-0.3, -0.25) is 10.1 Å². The van der Waals surface area contributed by atoms with Crippen LogP contribution < -0.4 is 5.32 Å². The Balaban J connectivity index is 1.77. The molecule has 3 aromatic rings. The summed E-state index contributed by atoms with van der Waals surface area (Å²) in [7, 11) is 0. The first-order valence-corrected chi connectivity index (χ1v) is 7.23. The molecule has 0 saturated carbocycles. The van der Waals surface area contributed by atoms with Crippen LogP contribution in [-0.4, -0.2) is 10.9 Å². The first kappa shape index (κ1) is 14.3. The minimum Gasteiger partial charge on any atom is -0.298 e. The summed E-state index contributed by atoms with van der Waals surface area (Å²) < 4.78 is 27.0. The second kappa shape index (κ2) is 6.03. The summed E-state index contributed by atoms with van der Waals surface area (Å²) >= 11 is 1.02. The molecule has 0 aliphatic rings. The zero-order chi connectivity index (χ0) is 15.5. The Morgan fingerprint density at radius 3 is 2.73 bits per heavy atom. The van der Waals surface area contributed by atoms with Gasteiger partial charge in [-0.05, 0) is 17.7 Å². The van der Waals surface area contributed by atoms with Gasteiger partial charge < -0.3 is 0 Å². The molecule has 0 saturated heterocycles. The highest BCUT2D eigenvalue weighted by molar-refractivity contribution is 7.22. The zero-order valence-corrected chi connectivity index (χ0v) is 12.0. The van der Waals surface area contributed by atoms with Crippen molar-refractivity contribution in [3.63, 3.8) is 0 Å². The van der Waals surface area contributed by atoms with Gasteiger partial charge in [0.05, 0.1) is 4.70 Å². The fraction of sp³-hybridized carbons (Fsp3) is 0. The third-order valence-corrected chi connectivity index (χ3v) is 3.79. The van der Waals surface area contributed by atoms with Crippen molar-refractivity contribution < 1.29 is 13.6 Å². The number of hydrogen-bond acceptors (Lipinski definition) is 3. The van der Waals surface area contributed by atoms with Gasteiger partial charge in [0.1, 0.15) is 11.3 Å². The molecule has 0 radical (unpaired) electrons. The molecule has 1 aromatic heterocycles. The first-order valence-electron chi connectivity index (χ1n) is 6.41. The number of carbonyl (C=O) groups is 1. The molecular weight excluding hydrogens is 306 g/mol. The van der Waals surface area contributed by atoms with E-state index in [0.29, 0.717) is 4.70 Å². The summed E-state index contributed by atoms with van der Waals surface area (Å²) in [5.41, 5.74) is 0.934. The number of hydrogen-bond donors (Lipinski definition) is 1. The first-order chi connectivity index (χ1) is 10.6. The van der Waals surface area contributed by atoms with Gasteiger partial charge in [0.15, 0.2) is 10.9 Å². The molecule has 0 fully saturated rings. The number of nitrogens with one attached hydrogen (secondary N) is 1. The van der Waals surface area contributed by atoms with Gasteiger partial charge in [-0.15, -0.1) is 0 Å². The number of anilines is 1. The van der Waals surface area contributed by atoms with E-state index in [1.165, 1.54) is 12.1 Å². The summed E-state index contributed by atoms with van der Waals surface area (Å²) in [5, 5.41) is 2.77. The molecule has 0 atom stereocenters. The Morgan fingerprint density at radius 2 is 1.95 bits per heavy atom. The fourth-order valence-corrected chi connectivity index (χ4v) is 2.80. The zero-order valence-electron chi connectivity index (χ0n) is 11.2. The Labute approximate surface area is 128 Å². The van der Waals surface area contributed by atoms with E-state index in [0.717, 1.165) is 23.0 Å². The number of benzene rings is 2. The van der Waals surface area contributed by atoms with Crippen LogP contribution in [0.2, 0.25) is 0 Å². The number of halogens is 2. The van der Waals surface area contributed by atoms with Crippen molar-refractivity contribution in [3.8, 4) is 0 Å². The van der Waals surface area contributed by atoms with E-state index in [1.54, 1.807) is 6.08 Å². The van der Waals surface area contributed by atoms with Crippen LogP contribution in [0.5, 0.6) is 0 Å². The molecule has 1 heterocycles. The van der Waals surface area contributed by atoms with Gasteiger partial charge in [0, 0.05) is 12.1 Å². The number of nitrogens with zero attached hydrogens (tertiary/aromatic N) is 1. The molecule has 0 aliphatic heterocycles. The standard InChI is InChI=1S/C16H10F2N2OS/c17-11-8-12(18)15-13(9-11)22-16(20-15)19-14(21)7-6-10-4-2-1-3-5-10/h1-9H,(H,19,20,21). The van der Waals surface area contributed by atoms with E-state index in [4.69, 9.17) is 0 Å². The van der Waals surface area contributed by atoms with Crippen LogP contribution >= 0.6 is 11.3 Å². The second-order valence-electron chi connectivity index (χ2n) is 4.49. The molecule has 0 bridgehead atoms. The van der Waals surface area contributed by atoms with Crippen LogP contribution in [0.25, 0.3) is 16.3 Å². The summed E-state index contributed by atoms with van der Waals surface area (Å²) in [6.45, 7) is 0. The van der Waals surface area contributed by atoms with Crippen molar-refractivity contribution in [2.45, 2.75) is 0 Å². The molecule has 110 valence electrons. The molecule has 0 aliphatic carbocycles. The number of aromatic nitrogens is 1. The van der Waals surface area contributed by atoms with E-state index in [1.807, 2.05) is 30.3 Å². The molecule has 0 spiro atoms. The van der Waals surface area contributed by atoms with Gasteiger partial charge in [-0.1, -0.05) is 41.7 Å². The topological polar surface area (TPSA) is 42.0 Å². The van der Waals surface area contributed by atoms with Crippen LogP contribution in [0, 0.1) is 11.6 Å². The van der Waals surface area contributed by atoms with Gasteiger partial charge >= 0.3 is 0 Å². The number of thiazole rings is 1. The average molecular weight is 316 g/mol. The third-order valence-electron chi connectivity index (χ3n) is 2.87. The molecule has 1 amide bonds. The SMILES string of the molecule is O=C(C=Cc1ccccc1)Nc1nc2c(F)cc(F)cc2s1. The van der Waals surface area contributed by atoms with E-state index in [-0.39, 0.29) is 16.6 Å². The van der Waals surface area contributed by atoms with Crippen molar-refractivity contribution >= 4 is 38.7 Å². The number of amides is 1. The van der Waals surface area contributed by atoms with Gasteiger partial charge in [-0.2, -0.15) is 0 Å². The van der Waals surface area contributed by atoms with E-state index >= 15 is 0 Å². The maximum absolute atomic E-state index is 13.5. The van der Waals surface area contributed by atoms with E-state index in [9.17, 15) is 13.6 Å². The molecule has 22 heavy (non-hydrogen) atoms. The highest BCUT2D eigenvalue weighted by atomic mass is 32.1. The van der Waals surface area contributed by atoms with Crippen LogP contribution in [-0.2, 0) is 4.79 Å². The predicted octanol–water partition coefficient (Wildman–Crippen LogP) is 4.23. The maximum Gasteiger partial charge on any atom is 0.250 e. The lowest BCUT2D eigenvalue weighted by Crippen LogP contribution is -2.07. The van der Waals surface area contributed by atoms with Crippen molar-refractivity contribution in [1.82, 2.24) is 4.98 Å². The van der Waals surface area contributed by atoms with Crippen molar-refractivity contribution in [1.29, 1.82) is 0 Å². The van der Waals surface area contributed by atoms with Gasteiger partial charge in [0.25, 0.3) is 0 Å². The molecular formula is C16H10F2N2OS. The fourth-order valence-electron chi connectivity index (χ4n) is 1.89. The van der Waals surface area contributed by atoms with Gasteiger partial charge in [-0.25, -0.2) is 13.8 Å². The Bertz CT molecular complexity index is 859. The van der Waals surface area contributed by atoms with Crippen LogP contribution in [0.15, 0.2) is 48.5 Å². The molecule has 3 nitrogen and oxygen atoms in total. The van der Waals surface area contributed by atoms with E-state index < -0.39 is 11.6 Å². The lowest BCUT2D eigenvalue weighted by molar-refractivity contribution is -0.111. The minimum absolute atomic E-state index is 0.0498. The molecule has 0 unspecified atom stereocenters. The molecule has 2 aromatic carbocycles. The number of rotatable bonds is 3. The Morgan fingerprint density at radius 1 is 1.18 bits per heavy atom. The summed E-state index contributed by atoms with van der Waals surface area (Å²) in [5.74, 6) is -1.80. The average Bonchev–Trinajstić information content (AvgIpc) is 2.89. The van der Waals surface area contributed by atoms with Gasteiger partial charge in [0.2, 0.25) is 5.91 Å². The van der Waals surface area contributed by atoms with Crippen molar-refractivity contribution in [3.05, 3.63) is 65.7 Å². The number of fused-ring (bicyclic) bond motifs is 1. The monoisotopic (exact) mass is 316 g/mol. The minimum atomic E-state index is -0.744. The Kier molecular flexibility index (Phi) is 3.93. The van der Waals surface area contributed by atoms with Crippen molar-refractivity contribution in [2.24, 2.45) is 0 Å². The lowest BCUT2D eigenvalue weighted by Gasteiger charge is -1.95. The summed E-state index contributed by atoms with van der Waals surface area (Å²) in [4.78, 5) is 15.8. The van der Waals surface area contributed by atoms with E-state index in [2.05, 4.69) is 10.3 Å². The third kappa shape index (κ3) is 3.17. The highest BCUT2D eigenvalue weighted by Gasteiger charge is 2.11. The van der Waals surface area contributed by atoms with Crippen LogP contribution in [0.1, 0.15) is 5.56 Å². The number of carbonyl (C=O) groups excluding carboxylic acids is 1. The quantitative estimate of drug-likeness (QED) is 0.735. The normalized spacial score (nSPS) is 11.2. The Hall–Kier alpha value is -2.60. The van der Waals surface area contributed by atoms with Crippen molar-refractivity contribution in [2.75, 3.05) is 5.32 Å². The molecule has 6 heteroatoms. The lowest BCUT2D eigenvalue weighted by atomic mass is 10.2. The maximum atomic E-state index is 13.5. The predicted molar refractivity (Wildman–Crippen MR) is 83.6 cm³/mol. The van der Waals surface area contributed by atoms with Crippen LogP contribution in [0.4, 0.5) is 13.9 Å². The summed E-state index contributed by atoms with van der Waals surface area (Å²) in [6.07, 6.45) is 3.02. The summed E-state index contributed by atoms with van der Waals surface area (Å²) in [6, 6.07) is 11.3. The smallest absolute Gasteiger partial charge is 0.250 e. The second-order valence-corrected chi connectivity index (χ2v) is 5.52. The van der Waals surface area contributed by atoms with Crippen LogP contribution in [0.3, 0.4) is 0 Å². The molecule has 1 N–H and O–H groups in total. The highest BCUT2D eigenvalue weighted by Crippen LogP contribution is 2.28.